The molecular formula is C32H55ClO6. The number of carbonyl (C=O) groups excluding carboxylic acids is 1. The van der Waals surface area contributed by atoms with Crippen molar-refractivity contribution in [3.63, 3.8) is 0 Å². The highest BCUT2D eigenvalue weighted by molar-refractivity contribution is 6.21. The molecule has 0 bridgehead atoms. The number of halogens is 1. The van der Waals surface area contributed by atoms with Crippen molar-refractivity contribution in [3.05, 3.63) is 12.2 Å². The standard InChI is InChI=1S/C32H55ClO6/c1-4-5-12-20-32(2,39-31-18-11-14-23-37-31)21-19-26-25(15-8-6-7-9-16-29(34)35-3)27(33)24-28(26)38-30-17-10-13-22-36-30/h19,21,25-28,30-31H,4-18,20,22-24H2,1-3H3/b21-19+/t25-,26-,27-,28-,30?,31?,32?/m1/s1. The topological polar surface area (TPSA) is 63.2 Å². The van der Waals surface area contributed by atoms with Gasteiger partial charge in [-0.15, -0.1) is 11.6 Å². The van der Waals surface area contributed by atoms with Crippen LogP contribution in [0.4, 0.5) is 0 Å². The van der Waals surface area contributed by atoms with Gasteiger partial charge in [0.1, 0.15) is 0 Å². The zero-order valence-corrected chi connectivity index (χ0v) is 25.6. The van der Waals surface area contributed by atoms with E-state index in [-0.39, 0.29) is 41.5 Å². The molecule has 0 aromatic heterocycles. The molecule has 3 unspecified atom stereocenters. The van der Waals surface area contributed by atoms with E-state index in [2.05, 4.69) is 26.0 Å². The zero-order chi connectivity index (χ0) is 27.9. The van der Waals surface area contributed by atoms with Gasteiger partial charge >= 0.3 is 5.97 Å². The Morgan fingerprint density at radius 1 is 0.974 bits per heavy atom. The number of methoxy groups -OCH3 is 1. The summed E-state index contributed by atoms with van der Waals surface area (Å²) in [6.45, 7) is 6.03. The molecule has 6 nitrogen and oxygen atoms in total. The van der Waals surface area contributed by atoms with Crippen molar-refractivity contribution >= 4 is 17.6 Å². The summed E-state index contributed by atoms with van der Waals surface area (Å²) in [5.41, 5.74) is -0.369. The molecule has 7 heteroatoms. The van der Waals surface area contributed by atoms with Gasteiger partial charge in [-0.25, -0.2) is 0 Å². The van der Waals surface area contributed by atoms with Crippen LogP contribution in [-0.2, 0) is 28.5 Å². The molecule has 1 saturated carbocycles. The maximum Gasteiger partial charge on any atom is 0.305 e. The number of carbonyl (C=O) groups is 1. The maximum absolute atomic E-state index is 11.4. The summed E-state index contributed by atoms with van der Waals surface area (Å²) in [7, 11) is 1.45. The molecule has 39 heavy (non-hydrogen) atoms. The van der Waals surface area contributed by atoms with Crippen LogP contribution in [0.3, 0.4) is 0 Å². The third-order valence-corrected chi connectivity index (χ3v) is 9.19. The Balaban J connectivity index is 1.67. The van der Waals surface area contributed by atoms with E-state index in [1.165, 1.54) is 20.0 Å². The summed E-state index contributed by atoms with van der Waals surface area (Å²) in [4.78, 5) is 11.4. The van der Waals surface area contributed by atoms with Crippen LogP contribution in [0.5, 0.6) is 0 Å². The second-order valence-corrected chi connectivity index (χ2v) is 12.6. The minimum absolute atomic E-state index is 0.0574. The lowest BCUT2D eigenvalue weighted by Gasteiger charge is -2.35. The Morgan fingerprint density at radius 2 is 1.69 bits per heavy atom. The van der Waals surface area contributed by atoms with Gasteiger partial charge in [-0.1, -0.05) is 57.6 Å². The van der Waals surface area contributed by atoms with Gasteiger partial charge in [0.15, 0.2) is 12.6 Å². The third-order valence-electron chi connectivity index (χ3n) is 8.69. The largest absolute Gasteiger partial charge is 0.469 e. The number of hydrogen-bond acceptors (Lipinski definition) is 6. The number of rotatable bonds is 17. The van der Waals surface area contributed by atoms with Crippen molar-refractivity contribution in [2.45, 2.75) is 153 Å². The molecule has 2 saturated heterocycles. The molecular weight excluding hydrogens is 516 g/mol. The van der Waals surface area contributed by atoms with Gasteiger partial charge in [-0.2, -0.15) is 0 Å². The third kappa shape index (κ3) is 11.6. The molecule has 3 fully saturated rings. The van der Waals surface area contributed by atoms with Crippen molar-refractivity contribution in [2.24, 2.45) is 11.8 Å². The number of alkyl halides is 1. The molecule has 0 aromatic rings. The summed E-state index contributed by atoms with van der Waals surface area (Å²) >= 11 is 7.03. The molecule has 0 N–H and O–H groups in total. The maximum atomic E-state index is 11.4. The molecule has 3 rings (SSSR count). The van der Waals surface area contributed by atoms with Crippen molar-refractivity contribution < 1.29 is 28.5 Å². The van der Waals surface area contributed by atoms with Gasteiger partial charge in [-0.3, -0.25) is 4.79 Å². The molecule has 3 aliphatic rings. The highest BCUT2D eigenvalue weighted by Gasteiger charge is 2.43. The van der Waals surface area contributed by atoms with Crippen molar-refractivity contribution in [3.8, 4) is 0 Å². The van der Waals surface area contributed by atoms with Crippen molar-refractivity contribution in [2.75, 3.05) is 20.3 Å². The predicted molar refractivity (Wildman–Crippen MR) is 156 cm³/mol. The van der Waals surface area contributed by atoms with E-state index in [1.54, 1.807) is 0 Å². The Morgan fingerprint density at radius 3 is 2.36 bits per heavy atom. The SMILES string of the molecule is CCCCCC(C)(/C=C/[C@@H]1[C@@H](CCCCCCC(=O)OC)[C@H](Cl)C[C@H]1OC1CCCCO1)OC1CCCCO1. The lowest BCUT2D eigenvalue weighted by molar-refractivity contribution is -0.208. The Kier molecular flexibility index (Phi) is 15.2. The van der Waals surface area contributed by atoms with Gasteiger partial charge < -0.3 is 23.7 Å². The average Bonchev–Trinajstić information content (AvgIpc) is 3.23. The van der Waals surface area contributed by atoms with Crippen LogP contribution in [0, 0.1) is 11.8 Å². The Hall–Kier alpha value is -0.660. The highest BCUT2D eigenvalue weighted by atomic mass is 35.5. The zero-order valence-electron chi connectivity index (χ0n) is 24.9. The van der Waals surface area contributed by atoms with Crippen LogP contribution < -0.4 is 0 Å². The first-order chi connectivity index (χ1) is 18.9. The van der Waals surface area contributed by atoms with Crippen LogP contribution in [0.1, 0.15) is 123 Å². The van der Waals surface area contributed by atoms with Crippen molar-refractivity contribution in [1.82, 2.24) is 0 Å². The van der Waals surface area contributed by atoms with E-state index in [0.29, 0.717) is 12.3 Å². The van der Waals surface area contributed by atoms with Crippen LogP contribution >= 0.6 is 11.6 Å². The number of unbranched alkanes of at least 4 members (excludes halogenated alkanes) is 5. The summed E-state index contributed by atoms with van der Waals surface area (Å²) < 4.78 is 29.9. The van der Waals surface area contributed by atoms with E-state index in [9.17, 15) is 4.79 Å². The van der Waals surface area contributed by atoms with E-state index in [1.807, 2.05) is 0 Å². The summed E-state index contributed by atoms with van der Waals surface area (Å²) in [5.74, 6) is 0.460. The Bertz CT molecular complexity index is 705. The fourth-order valence-electron chi connectivity index (χ4n) is 6.30. The minimum atomic E-state index is -0.369. The van der Waals surface area contributed by atoms with E-state index in [0.717, 1.165) is 103 Å². The molecule has 0 aromatic carbocycles. The highest BCUT2D eigenvalue weighted by Crippen LogP contribution is 2.43. The van der Waals surface area contributed by atoms with Crippen molar-refractivity contribution in [1.29, 1.82) is 0 Å². The Labute approximate surface area is 242 Å². The van der Waals surface area contributed by atoms with Gasteiger partial charge in [0.2, 0.25) is 0 Å². The molecule has 0 spiro atoms. The first kappa shape index (κ1) is 32.8. The fraction of sp³-hybridized carbons (Fsp3) is 0.906. The first-order valence-corrected chi connectivity index (χ1v) is 16.3. The van der Waals surface area contributed by atoms with Gasteiger partial charge in [0.05, 0.1) is 18.8 Å². The second kappa shape index (κ2) is 18.0. The molecule has 2 aliphatic heterocycles. The smallest absolute Gasteiger partial charge is 0.305 e. The van der Waals surface area contributed by atoms with Crippen LogP contribution in [0.15, 0.2) is 12.2 Å². The number of esters is 1. The lowest BCUT2D eigenvalue weighted by Crippen LogP contribution is -2.36. The molecule has 2 heterocycles. The first-order valence-electron chi connectivity index (χ1n) is 15.9. The summed E-state index contributed by atoms with van der Waals surface area (Å²) in [6.07, 6.45) is 22.0. The van der Waals surface area contributed by atoms with Crippen LogP contribution in [0.25, 0.3) is 0 Å². The molecule has 0 amide bonds. The lowest BCUT2D eigenvalue weighted by atomic mass is 9.87. The van der Waals surface area contributed by atoms with Gasteiger partial charge in [0.25, 0.3) is 0 Å². The summed E-state index contributed by atoms with van der Waals surface area (Å²) in [6, 6.07) is 0. The predicted octanol–water partition coefficient (Wildman–Crippen LogP) is 8.09. The minimum Gasteiger partial charge on any atom is -0.469 e. The van der Waals surface area contributed by atoms with Gasteiger partial charge in [0, 0.05) is 30.9 Å². The molecule has 1 aliphatic carbocycles. The quantitative estimate of drug-likeness (QED) is 0.0762. The molecule has 7 atom stereocenters. The summed E-state index contributed by atoms with van der Waals surface area (Å²) in [5, 5.41) is 0.0808. The van der Waals surface area contributed by atoms with Crippen LogP contribution in [-0.4, -0.2) is 56.0 Å². The normalized spacial score (nSPS) is 31.4. The van der Waals surface area contributed by atoms with E-state index < -0.39 is 0 Å². The number of hydrogen-bond donors (Lipinski definition) is 0. The van der Waals surface area contributed by atoms with E-state index in [4.69, 9.17) is 35.3 Å². The fourth-order valence-corrected chi connectivity index (χ4v) is 6.77. The average molecular weight is 571 g/mol. The number of ether oxygens (including phenoxy) is 5. The second-order valence-electron chi connectivity index (χ2n) is 12.0. The van der Waals surface area contributed by atoms with Crippen LogP contribution in [0.2, 0.25) is 0 Å². The molecule has 226 valence electrons. The van der Waals surface area contributed by atoms with E-state index >= 15 is 0 Å². The van der Waals surface area contributed by atoms with Gasteiger partial charge in [-0.05, 0) is 77.0 Å². The monoisotopic (exact) mass is 570 g/mol. The molecule has 0 radical (unpaired) electrons.